The van der Waals surface area contributed by atoms with Gasteiger partial charge in [0.15, 0.2) is 0 Å². The lowest BCUT2D eigenvalue weighted by molar-refractivity contribution is 1.11. The molecule has 0 saturated heterocycles. The normalized spacial score (nSPS) is 14.7. The van der Waals surface area contributed by atoms with Crippen LogP contribution in [0, 0.1) is 0 Å². The summed E-state index contributed by atoms with van der Waals surface area (Å²) in [6.07, 6.45) is 1.18. The van der Waals surface area contributed by atoms with Gasteiger partial charge in [0, 0.05) is 16.9 Å². The predicted octanol–water partition coefficient (Wildman–Crippen LogP) is 2.87. The molecule has 1 aliphatic rings. The summed E-state index contributed by atoms with van der Waals surface area (Å²) >= 11 is 1.83. The van der Waals surface area contributed by atoms with E-state index in [9.17, 15) is 0 Å². The van der Waals surface area contributed by atoms with Gasteiger partial charge in [0.1, 0.15) is 0 Å². The molecule has 0 spiro atoms. The maximum absolute atomic E-state index is 3.39. The Morgan fingerprint density at radius 2 is 2.25 bits per heavy atom. The summed E-state index contributed by atoms with van der Waals surface area (Å²) in [5, 5.41) is 7.00. The third-order valence-electron chi connectivity index (χ3n) is 2.44. The summed E-state index contributed by atoms with van der Waals surface area (Å²) in [6, 6.07) is 6.63. The SMILES string of the molecule is c1cc2c3c(ccc2s1)NCC3. The van der Waals surface area contributed by atoms with Gasteiger partial charge in [-0.2, -0.15) is 0 Å². The average Bonchev–Trinajstić information content (AvgIpc) is 2.71. The first-order chi connectivity index (χ1) is 5.95. The van der Waals surface area contributed by atoms with E-state index in [0.717, 1.165) is 6.54 Å². The molecular weight excluding hydrogens is 166 g/mol. The largest absolute Gasteiger partial charge is 0.384 e. The summed E-state index contributed by atoms with van der Waals surface area (Å²) in [5.41, 5.74) is 2.84. The van der Waals surface area contributed by atoms with Crippen molar-refractivity contribution in [3.63, 3.8) is 0 Å². The van der Waals surface area contributed by atoms with E-state index in [0.29, 0.717) is 0 Å². The number of hydrogen-bond acceptors (Lipinski definition) is 2. The van der Waals surface area contributed by atoms with E-state index in [1.54, 1.807) is 0 Å². The minimum absolute atomic E-state index is 1.10. The maximum Gasteiger partial charge on any atom is 0.0380 e. The first-order valence-electron chi connectivity index (χ1n) is 4.18. The highest BCUT2D eigenvalue weighted by atomic mass is 32.1. The zero-order chi connectivity index (χ0) is 7.97. The van der Waals surface area contributed by atoms with Crippen LogP contribution >= 0.6 is 11.3 Å². The fourth-order valence-electron chi connectivity index (χ4n) is 1.86. The second-order valence-corrected chi connectivity index (χ2v) is 4.05. The summed E-state index contributed by atoms with van der Waals surface area (Å²) in [6.45, 7) is 1.10. The van der Waals surface area contributed by atoms with Gasteiger partial charge >= 0.3 is 0 Å². The van der Waals surface area contributed by atoms with Crippen LogP contribution in [0.25, 0.3) is 10.1 Å². The molecule has 1 nitrogen and oxygen atoms in total. The maximum atomic E-state index is 3.39. The highest BCUT2D eigenvalue weighted by molar-refractivity contribution is 7.17. The summed E-state index contributed by atoms with van der Waals surface area (Å²) in [4.78, 5) is 0. The molecule has 12 heavy (non-hydrogen) atoms. The molecule has 1 aliphatic heterocycles. The lowest BCUT2D eigenvalue weighted by Gasteiger charge is -1.99. The Labute approximate surface area is 75.0 Å². The van der Waals surface area contributed by atoms with Crippen LogP contribution in [0.4, 0.5) is 5.69 Å². The van der Waals surface area contributed by atoms with Crippen molar-refractivity contribution in [3.8, 4) is 0 Å². The third-order valence-corrected chi connectivity index (χ3v) is 3.32. The van der Waals surface area contributed by atoms with Crippen molar-refractivity contribution in [2.45, 2.75) is 6.42 Å². The Hall–Kier alpha value is -1.02. The van der Waals surface area contributed by atoms with Crippen LogP contribution in [0.1, 0.15) is 5.56 Å². The molecule has 3 rings (SSSR count). The van der Waals surface area contributed by atoms with Crippen molar-refractivity contribution in [1.29, 1.82) is 0 Å². The lowest BCUT2D eigenvalue weighted by atomic mass is 10.1. The van der Waals surface area contributed by atoms with Gasteiger partial charge in [-0.1, -0.05) is 0 Å². The van der Waals surface area contributed by atoms with E-state index in [-0.39, 0.29) is 0 Å². The summed E-state index contributed by atoms with van der Waals surface area (Å²) in [5.74, 6) is 0. The fraction of sp³-hybridized carbons (Fsp3) is 0.200. The molecule has 1 aromatic heterocycles. The van der Waals surface area contributed by atoms with Crippen molar-refractivity contribution in [1.82, 2.24) is 0 Å². The van der Waals surface area contributed by atoms with E-state index in [4.69, 9.17) is 0 Å². The minimum atomic E-state index is 1.10. The Morgan fingerprint density at radius 3 is 3.25 bits per heavy atom. The quantitative estimate of drug-likeness (QED) is 0.649. The van der Waals surface area contributed by atoms with Gasteiger partial charge in [-0.3, -0.25) is 0 Å². The number of benzene rings is 1. The Balaban J connectivity index is 2.46. The topological polar surface area (TPSA) is 12.0 Å². The number of nitrogens with one attached hydrogen (secondary N) is 1. The van der Waals surface area contributed by atoms with Gasteiger partial charge < -0.3 is 5.32 Å². The van der Waals surface area contributed by atoms with Crippen LogP contribution in [0.2, 0.25) is 0 Å². The Kier molecular flexibility index (Phi) is 1.21. The highest BCUT2D eigenvalue weighted by Crippen LogP contribution is 2.32. The molecule has 2 aromatic rings. The van der Waals surface area contributed by atoms with E-state index in [2.05, 4.69) is 28.9 Å². The number of thiophene rings is 1. The monoisotopic (exact) mass is 175 g/mol. The molecular formula is C10H9NS. The van der Waals surface area contributed by atoms with Crippen LogP contribution in [-0.4, -0.2) is 6.54 Å². The molecule has 0 amide bonds. The van der Waals surface area contributed by atoms with E-state index in [1.807, 2.05) is 11.3 Å². The van der Waals surface area contributed by atoms with E-state index in [1.165, 1.54) is 27.8 Å². The molecule has 1 aromatic carbocycles. The van der Waals surface area contributed by atoms with Crippen LogP contribution in [-0.2, 0) is 6.42 Å². The fourth-order valence-corrected chi connectivity index (χ4v) is 2.68. The zero-order valence-electron chi connectivity index (χ0n) is 6.63. The summed E-state index contributed by atoms with van der Waals surface area (Å²) < 4.78 is 1.41. The molecule has 0 atom stereocenters. The zero-order valence-corrected chi connectivity index (χ0v) is 7.45. The van der Waals surface area contributed by atoms with Crippen molar-refractivity contribution in [3.05, 3.63) is 29.1 Å². The number of rotatable bonds is 0. The average molecular weight is 175 g/mol. The van der Waals surface area contributed by atoms with Crippen LogP contribution in [0.5, 0.6) is 0 Å². The molecule has 1 N–H and O–H groups in total. The molecule has 0 fully saturated rings. The smallest absolute Gasteiger partial charge is 0.0380 e. The first kappa shape index (κ1) is 6.49. The van der Waals surface area contributed by atoms with E-state index < -0.39 is 0 Å². The predicted molar refractivity (Wildman–Crippen MR) is 54.0 cm³/mol. The van der Waals surface area contributed by atoms with Gasteiger partial charge in [-0.05, 0) is 40.9 Å². The van der Waals surface area contributed by atoms with Crippen LogP contribution in [0.15, 0.2) is 23.6 Å². The van der Waals surface area contributed by atoms with Crippen molar-refractivity contribution in [2.24, 2.45) is 0 Å². The number of hydrogen-bond donors (Lipinski definition) is 1. The number of fused-ring (bicyclic) bond motifs is 3. The van der Waals surface area contributed by atoms with Gasteiger partial charge in [0.25, 0.3) is 0 Å². The minimum Gasteiger partial charge on any atom is -0.384 e. The highest BCUT2D eigenvalue weighted by Gasteiger charge is 2.12. The standard InChI is InChI=1S/C10H9NS/c1-2-10-8(4-6-12-10)7-3-5-11-9(1)7/h1-2,4,6,11H,3,5H2. The number of anilines is 1. The first-order valence-corrected chi connectivity index (χ1v) is 5.06. The molecule has 2 heteroatoms. The second kappa shape index (κ2) is 2.23. The summed E-state index contributed by atoms with van der Waals surface area (Å²) in [7, 11) is 0. The van der Waals surface area contributed by atoms with Gasteiger partial charge in [-0.25, -0.2) is 0 Å². The molecule has 0 radical (unpaired) electrons. The van der Waals surface area contributed by atoms with Crippen molar-refractivity contribution in [2.75, 3.05) is 11.9 Å². The molecule has 0 aliphatic carbocycles. The Bertz CT molecular complexity index is 430. The molecule has 2 heterocycles. The van der Waals surface area contributed by atoms with Gasteiger partial charge in [0.05, 0.1) is 0 Å². The molecule has 0 saturated carbocycles. The third kappa shape index (κ3) is 0.730. The van der Waals surface area contributed by atoms with Crippen molar-refractivity contribution >= 4 is 27.1 Å². The molecule has 60 valence electrons. The van der Waals surface area contributed by atoms with Crippen LogP contribution < -0.4 is 5.32 Å². The molecule has 0 bridgehead atoms. The molecule has 0 unspecified atom stereocenters. The van der Waals surface area contributed by atoms with Gasteiger partial charge in [-0.15, -0.1) is 11.3 Å². The van der Waals surface area contributed by atoms with Crippen molar-refractivity contribution < 1.29 is 0 Å². The van der Waals surface area contributed by atoms with Crippen LogP contribution in [0.3, 0.4) is 0 Å². The van der Waals surface area contributed by atoms with E-state index >= 15 is 0 Å². The lowest BCUT2D eigenvalue weighted by Crippen LogP contribution is -1.90. The Morgan fingerprint density at radius 1 is 1.25 bits per heavy atom. The van der Waals surface area contributed by atoms with Gasteiger partial charge in [0.2, 0.25) is 0 Å². The second-order valence-electron chi connectivity index (χ2n) is 3.10.